The second-order valence-electron chi connectivity index (χ2n) is 2.70. The molecule has 0 spiro atoms. The first-order valence-corrected chi connectivity index (χ1v) is 3.75. The molecule has 0 fully saturated rings. The molecule has 0 saturated heterocycles. The maximum Gasteiger partial charge on any atom is 0.436 e. The highest BCUT2D eigenvalue weighted by molar-refractivity contribution is 5.69. The van der Waals surface area contributed by atoms with E-state index in [1.165, 1.54) is 0 Å². The Morgan fingerprint density at radius 1 is 1.40 bits per heavy atom. The highest BCUT2D eigenvalue weighted by Crippen LogP contribution is 2.29. The zero-order valence-corrected chi connectivity index (χ0v) is 7.18. The lowest BCUT2D eigenvalue weighted by molar-refractivity contribution is -0.144. The predicted molar refractivity (Wildman–Crippen MR) is 40.5 cm³/mol. The third-order valence-electron chi connectivity index (χ3n) is 1.50. The molecule has 0 aromatic carbocycles. The van der Waals surface area contributed by atoms with Crippen LogP contribution in [0.5, 0.6) is 0 Å². The molecule has 1 aromatic heterocycles. The smallest absolute Gasteiger partial charge is 0.436 e. The van der Waals surface area contributed by atoms with Gasteiger partial charge in [0.2, 0.25) is 0 Å². The Labute approximate surface area is 81.4 Å². The van der Waals surface area contributed by atoms with Gasteiger partial charge in [-0.05, 0) is 12.1 Å². The molecule has 1 N–H and O–H groups in total. The Morgan fingerprint density at radius 3 is 2.47 bits per heavy atom. The van der Waals surface area contributed by atoms with Gasteiger partial charge in [0.25, 0.3) is 0 Å². The van der Waals surface area contributed by atoms with Crippen molar-refractivity contribution in [3.05, 3.63) is 29.3 Å². The van der Waals surface area contributed by atoms with Crippen LogP contribution in [0.15, 0.2) is 12.1 Å². The number of nitrogens with zero attached hydrogens (tertiary/aromatic N) is 1. The molecule has 0 aliphatic heterocycles. The minimum Gasteiger partial charge on any atom is -0.481 e. The van der Waals surface area contributed by atoms with Crippen LogP contribution in [0.25, 0.3) is 0 Å². The molecule has 1 aromatic rings. The summed E-state index contributed by atoms with van der Waals surface area (Å²) in [4.78, 5) is 13.1. The van der Waals surface area contributed by atoms with Crippen LogP contribution in [-0.4, -0.2) is 16.1 Å². The van der Waals surface area contributed by atoms with E-state index in [0.29, 0.717) is 6.07 Å². The summed E-state index contributed by atoms with van der Waals surface area (Å²) in [6.07, 6.45) is -5.60. The second kappa shape index (κ2) is 3.84. The molecule has 15 heavy (non-hydrogen) atoms. The van der Waals surface area contributed by atoms with Crippen LogP contribution in [0.1, 0.15) is 11.4 Å². The summed E-state index contributed by atoms with van der Waals surface area (Å²) in [5, 5.41) is 8.31. The van der Waals surface area contributed by atoms with E-state index in [1.807, 2.05) is 0 Å². The van der Waals surface area contributed by atoms with Crippen LogP contribution >= 0.6 is 0 Å². The van der Waals surface area contributed by atoms with E-state index in [-0.39, 0.29) is 5.69 Å². The van der Waals surface area contributed by atoms with Gasteiger partial charge in [-0.25, -0.2) is 9.37 Å². The fourth-order valence-electron chi connectivity index (χ4n) is 0.935. The quantitative estimate of drug-likeness (QED) is 0.778. The average molecular weight is 223 g/mol. The first-order valence-electron chi connectivity index (χ1n) is 3.75. The van der Waals surface area contributed by atoms with Crippen molar-refractivity contribution >= 4 is 5.97 Å². The first kappa shape index (κ1) is 11.4. The number of aliphatic carboxylic acids is 1. The minimum absolute atomic E-state index is 0.337. The Bertz CT molecular complexity index is 389. The van der Waals surface area contributed by atoms with Crippen LogP contribution in [0, 0.1) is 5.82 Å². The minimum atomic E-state index is -4.92. The maximum absolute atomic E-state index is 12.7. The first-order chi connectivity index (χ1) is 6.80. The third-order valence-corrected chi connectivity index (χ3v) is 1.50. The van der Waals surface area contributed by atoms with E-state index < -0.39 is 30.1 Å². The van der Waals surface area contributed by atoms with E-state index in [2.05, 4.69) is 4.98 Å². The zero-order valence-electron chi connectivity index (χ0n) is 7.18. The molecule has 7 heteroatoms. The molecule has 0 unspecified atom stereocenters. The largest absolute Gasteiger partial charge is 0.481 e. The van der Waals surface area contributed by atoms with Gasteiger partial charge in [-0.15, -0.1) is 0 Å². The molecule has 0 saturated carbocycles. The summed E-state index contributed by atoms with van der Waals surface area (Å²) in [5.41, 5.74) is -2.03. The van der Waals surface area contributed by atoms with Crippen molar-refractivity contribution in [2.24, 2.45) is 0 Å². The van der Waals surface area contributed by atoms with Gasteiger partial charge in [0.15, 0.2) is 11.5 Å². The van der Waals surface area contributed by atoms with Crippen molar-refractivity contribution in [3.8, 4) is 0 Å². The number of rotatable bonds is 2. The normalized spacial score (nSPS) is 11.5. The van der Waals surface area contributed by atoms with E-state index in [4.69, 9.17) is 5.11 Å². The zero-order chi connectivity index (χ0) is 11.6. The maximum atomic E-state index is 12.7. The summed E-state index contributed by atoms with van der Waals surface area (Å²) in [6, 6.07) is 1.45. The molecule has 0 bridgehead atoms. The number of alkyl halides is 3. The van der Waals surface area contributed by atoms with Crippen molar-refractivity contribution in [3.63, 3.8) is 0 Å². The predicted octanol–water partition coefficient (Wildman–Crippen LogP) is 1.87. The SMILES string of the molecule is O=C(O)Cc1ccc(F)c(C(F)(F)F)n1. The van der Waals surface area contributed by atoms with Crippen molar-refractivity contribution in [2.45, 2.75) is 12.6 Å². The number of aromatic nitrogens is 1. The Kier molecular flexibility index (Phi) is 2.92. The Morgan fingerprint density at radius 2 is 2.00 bits per heavy atom. The molecule has 3 nitrogen and oxygen atoms in total. The van der Waals surface area contributed by atoms with E-state index in [0.717, 1.165) is 6.07 Å². The van der Waals surface area contributed by atoms with Crippen LogP contribution in [0.3, 0.4) is 0 Å². The molecule has 0 atom stereocenters. The van der Waals surface area contributed by atoms with Gasteiger partial charge in [-0.1, -0.05) is 0 Å². The number of carboxylic acids is 1. The standard InChI is InChI=1S/C8H5F4NO2/c9-5-2-1-4(3-6(14)15)13-7(5)8(10,11)12/h1-2H,3H2,(H,14,15). The molecule has 82 valence electrons. The Balaban J connectivity index is 3.11. The molecule has 0 amide bonds. The van der Waals surface area contributed by atoms with Crippen LogP contribution < -0.4 is 0 Å². The molecular weight excluding hydrogens is 218 g/mol. The van der Waals surface area contributed by atoms with Gasteiger partial charge < -0.3 is 5.11 Å². The molecule has 0 aliphatic carbocycles. The van der Waals surface area contributed by atoms with Crippen molar-refractivity contribution < 1.29 is 27.5 Å². The summed E-state index contributed by atoms with van der Waals surface area (Å²) < 4.78 is 49.0. The number of carbonyl (C=O) groups is 1. The summed E-state index contributed by atoms with van der Waals surface area (Å²) in [7, 11) is 0. The molecule has 1 rings (SSSR count). The van der Waals surface area contributed by atoms with Gasteiger partial charge in [-0.2, -0.15) is 13.2 Å². The molecular formula is C8H5F4NO2. The molecule has 0 radical (unpaired) electrons. The lowest BCUT2D eigenvalue weighted by Gasteiger charge is -2.07. The lowest BCUT2D eigenvalue weighted by Crippen LogP contribution is -2.13. The van der Waals surface area contributed by atoms with Gasteiger partial charge >= 0.3 is 12.1 Å². The number of carboxylic acid groups (broad SMARTS) is 1. The van der Waals surface area contributed by atoms with Gasteiger partial charge in [0, 0.05) is 0 Å². The second-order valence-corrected chi connectivity index (χ2v) is 2.70. The van der Waals surface area contributed by atoms with Gasteiger partial charge in [0.1, 0.15) is 0 Å². The van der Waals surface area contributed by atoms with Crippen molar-refractivity contribution in [1.29, 1.82) is 0 Å². The van der Waals surface area contributed by atoms with E-state index >= 15 is 0 Å². The fraction of sp³-hybridized carbons (Fsp3) is 0.250. The highest BCUT2D eigenvalue weighted by Gasteiger charge is 2.36. The lowest BCUT2D eigenvalue weighted by atomic mass is 10.2. The van der Waals surface area contributed by atoms with Crippen LogP contribution in [-0.2, 0) is 17.4 Å². The number of hydrogen-bond donors (Lipinski definition) is 1. The third kappa shape index (κ3) is 2.90. The summed E-state index contributed by atoms with van der Waals surface area (Å²) in [5.74, 6) is -2.85. The van der Waals surface area contributed by atoms with Gasteiger partial charge in [0.05, 0.1) is 12.1 Å². The van der Waals surface area contributed by atoms with Crippen LogP contribution in [0.2, 0.25) is 0 Å². The topological polar surface area (TPSA) is 50.2 Å². The molecule has 0 aliphatic rings. The Hall–Kier alpha value is -1.66. The summed E-state index contributed by atoms with van der Waals surface area (Å²) in [6.45, 7) is 0. The summed E-state index contributed by atoms with van der Waals surface area (Å²) >= 11 is 0. The highest BCUT2D eigenvalue weighted by atomic mass is 19.4. The fourth-order valence-corrected chi connectivity index (χ4v) is 0.935. The van der Waals surface area contributed by atoms with Gasteiger partial charge in [-0.3, -0.25) is 4.79 Å². The number of pyridine rings is 1. The van der Waals surface area contributed by atoms with E-state index in [9.17, 15) is 22.4 Å². The van der Waals surface area contributed by atoms with Crippen molar-refractivity contribution in [1.82, 2.24) is 4.98 Å². The number of halogens is 4. The number of hydrogen-bond acceptors (Lipinski definition) is 2. The van der Waals surface area contributed by atoms with Crippen LogP contribution in [0.4, 0.5) is 17.6 Å². The molecule has 1 heterocycles. The van der Waals surface area contributed by atoms with E-state index in [1.54, 1.807) is 0 Å². The van der Waals surface area contributed by atoms with Crippen molar-refractivity contribution in [2.75, 3.05) is 0 Å². The monoisotopic (exact) mass is 223 g/mol. The average Bonchev–Trinajstić information content (AvgIpc) is 2.05.